The molecule has 2 aromatic rings. The van der Waals surface area contributed by atoms with Crippen LogP contribution in [0.1, 0.15) is 18.8 Å². The molecule has 17 heavy (non-hydrogen) atoms. The highest BCUT2D eigenvalue weighted by atomic mass is 35.5. The number of furan rings is 1. The van der Waals surface area contributed by atoms with Gasteiger partial charge in [-0.3, -0.25) is 0 Å². The van der Waals surface area contributed by atoms with Gasteiger partial charge in [0.1, 0.15) is 23.7 Å². The summed E-state index contributed by atoms with van der Waals surface area (Å²) >= 11 is 5.85. The molecule has 0 spiro atoms. The molecule has 2 rings (SSSR count). The number of hydrogen-bond donors (Lipinski definition) is 1. The predicted octanol–water partition coefficient (Wildman–Crippen LogP) is 3.43. The molecule has 4 heteroatoms. The molecule has 2 unspecified atom stereocenters. The zero-order chi connectivity index (χ0) is 12.3. The fourth-order valence-corrected chi connectivity index (χ4v) is 1.69. The van der Waals surface area contributed by atoms with Crippen molar-refractivity contribution in [1.82, 2.24) is 0 Å². The van der Waals surface area contributed by atoms with Crippen molar-refractivity contribution in [1.29, 1.82) is 0 Å². The number of hydrogen-bond acceptors (Lipinski definition) is 3. The minimum Gasteiger partial charge on any atom is -0.487 e. The van der Waals surface area contributed by atoms with Crippen LogP contribution in [0, 0.1) is 0 Å². The number of rotatable bonds is 4. The third-order valence-electron chi connectivity index (χ3n) is 2.40. The maximum Gasteiger partial charge on any atom is 0.148 e. The average molecular weight is 253 g/mol. The first-order valence-electron chi connectivity index (χ1n) is 5.30. The molecule has 0 saturated carbocycles. The Morgan fingerprint density at radius 1 is 1.29 bits per heavy atom. The van der Waals surface area contributed by atoms with Gasteiger partial charge in [0.25, 0.3) is 0 Å². The van der Waals surface area contributed by atoms with Crippen molar-refractivity contribution in [2.75, 3.05) is 0 Å². The Balaban J connectivity index is 2.04. The van der Waals surface area contributed by atoms with Gasteiger partial charge in [-0.2, -0.15) is 0 Å². The van der Waals surface area contributed by atoms with E-state index >= 15 is 0 Å². The SMILES string of the molecule is CC(Oc1cccc(Cl)c1)C(O)c1ccco1. The van der Waals surface area contributed by atoms with Crippen LogP contribution in [-0.2, 0) is 0 Å². The van der Waals surface area contributed by atoms with Crippen LogP contribution in [0.4, 0.5) is 0 Å². The first-order chi connectivity index (χ1) is 8.16. The van der Waals surface area contributed by atoms with Gasteiger partial charge in [0.2, 0.25) is 0 Å². The zero-order valence-electron chi connectivity index (χ0n) is 9.34. The Morgan fingerprint density at radius 2 is 2.12 bits per heavy atom. The second-order valence-corrected chi connectivity index (χ2v) is 4.18. The Morgan fingerprint density at radius 3 is 2.76 bits per heavy atom. The van der Waals surface area contributed by atoms with Crippen LogP contribution in [0.15, 0.2) is 47.1 Å². The summed E-state index contributed by atoms with van der Waals surface area (Å²) in [4.78, 5) is 0. The highest BCUT2D eigenvalue weighted by molar-refractivity contribution is 6.30. The molecule has 0 radical (unpaired) electrons. The van der Waals surface area contributed by atoms with Crippen molar-refractivity contribution >= 4 is 11.6 Å². The van der Waals surface area contributed by atoms with E-state index < -0.39 is 12.2 Å². The largest absolute Gasteiger partial charge is 0.487 e. The monoisotopic (exact) mass is 252 g/mol. The highest BCUT2D eigenvalue weighted by Gasteiger charge is 2.20. The van der Waals surface area contributed by atoms with Crippen LogP contribution in [-0.4, -0.2) is 11.2 Å². The third-order valence-corrected chi connectivity index (χ3v) is 2.63. The standard InChI is InChI=1S/C13H13ClO3/c1-9(13(15)12-6-3-7-16-12)17-11-5-2-4-10(14)8-11/h2-9,13,15H,1H3. The van der Waals surface area contributed by atoms with E-state index in [1.165, 1.54) is 6.26 Å². The molecule has 0 aliphatic rings. The number of aliphatic hydroxyl groups is 1. The van der Waals surface area contributed by atoms with Crippen molar-refractivity contribution in [3.05, 3.63) is 53.4 Å². The summed E-state index contributed by atoms with van der Waals surface area (Å²) in [7, 11) is 0. The topological polar surface area (TPSA) is 42.6 Å². The molecule has 3 nitrogen and oxygen atoms in total. The maximum atomic E-state index is 9.96. The molecule has 1 aromatic carbocycles. The Hall–Kier alpha value is -1.45. The van der Waals surface area contributed by atoms with Crippen LogP contribution in [0.3, 0.4) is 0 Å². The average Bonchev–Trinajstić information content (AvgIpc) is 2.81. The highest BCUT2D eigenvalue weighted by Crippen LogP contribution is 2.24. The smallest absolute Gasteiger partial charge is 0.148 e. The van der Waals surface area contributed by atoms with Gasteiger partial charge in [0, 0.05) is 5.02 Å². The number of aliphatic hydroxyl groups excluding tert-OH is 1. The lowest BCUT2D eigenvalue weighted by atomic mass is 10.2. The lowest BCUT2D eigenvalue weighted by Gasteiger charge is -2.19. The number of halogens is 1. The summed E-state index contributed by atoms with van der Waals surface area (Å²) in [5.41, 5.74) is 0. The molecule has 0 aliphatic carbocycles. The van der Waals surface area contributed by atoms with Crippen molar-refractivity contribution in [3.63, 3.8) is 0 Å². The molecule has 1 heterocycles. The Labute approximate surface area is 105 Å². The molecular weight excluding hydrogens is 240 g/mol. The van der Waals surface area contributed by atoms with Crippen LogP contribution < -0.4 is 4.74 Å². The number of benzene rings is 1. The van der Waals surface area contributed by atoms with Gasteiger partial charge in [-0.05, 0) is 37.3 Å². The summed E-state index contributed by atoms with van der Waals surface area (Å²) in [6.07, 6.45) is 0.300. The minimum atomic E-state index is -0.802. The molecule has 1 N–H and O–H groups in total. The van der Waals surface area contributed by atoms with E-state index in [0.29, 0.717) is 16.5 Å². The summed E-state index contributed by atoms with van der Waals surface area (Å²) < 4.78 is 10.7. The van der Waals surface area contributed by atoms with Crippen molar-refractivity contribution in [2.45, 2.75) is 19.1 Å². The molecular formula is C13H13ClO3. The van der Waals surface area contributed by atoms with Crippen LogP contribution in [0.25, 0.3) is 0 Å². The fourth-order valence-electron chi connectivity index (χ4n) is 1.51. The predicted molar refractivity (Wildman–Crippen MR) is 65.2 cm³/mol. The van der Waals surface area contributed by atoms with Crippen molar-refractivity contribution < 1.29 is 14.3 Å². The van der Waals surface area contributed by atoms with Crippen LogP contribution >= 0.6 is 11.6 Å². The van der Waals surface area contributed by atoms with Crippen molar-refractivity contribution in [3.8, 4) is 5.75 Å². The van der Waals surface area contributed by atoms with E-state index in [9.17, 15) is 5.11 Å². The zero-order valence-corrected chi connectivity index (χ0v) is 10.1. The lowest BCUT2D eigenvalue weighted by molar-refractivity contribution is 0.0320. The Bertz CT molecular complexity index is 467. The second-order valence-electron chi connectivity index (χ2n) is 3.74. The van der Waals surface area contributed by atoms with Gasteiger partial charge >= 0.3 is 0 Å². The van der Waals surface area contributed by atoms with Crippen molar-refractivity contribution in [2.24, 2.45) is 0 Å². The van der Waals surface area contributed by atoms with Gasteiger partial charge in [0.05, 0.1) is 6.26 Å². The van der Waals surface area contributed by atoms with Crippen LogP contribution in [0.2, 0.25) is 5.02 Å². The summed E-state index contributed by atoms with van der Waals surface area (Å²) in [5.74, 6) is 1.11. The quantitative estimate of drug-likeness (QED) is 0.907. The van der Waals surface area contributed by atoms with Gasteiger partial charge in [0.15, 0.2) is 0 Å². The van der Waals surface area contributed by atoms with E-state index in [-0.39, 0.29) is 0 Å². The van der Waals surface area contributed by atoms with Crippen LogP contribution in [0.5, 0.6) is 5.75 Å². The third kappa shape index (κ3) is 3.02. The summed E-state index contributed by atoms with van der Waals surface area (Å²) in [6, 6.07) is 10.5. The Kier molecular flexibility index (Phi) is 3.71. The van der Waals surface area contributed by atoms with Gasteiger partial charge in [-0.15, -0.1) is 0 Å². The molecule has 0 fully saturated rings. The first kappa shape index (κ1) is 12.0. The fraction of sp³-hybridized carbons (Fsp3) is 0.231. The summed E-state index contributed by atoms with van der Waals surface area (Å²) in [5, 5.41) is 10.6. The molecule has 1 aromatic heterocycles. The van der Waals surface area contributed by atoms with Gasteiger partial charge in [-0.25, -0.2) is 0 Å². The molecule has 2 atom stereocenters. The number of ether oxygens (including phenoxy) is 1. The second kappa shape index (κ2) is 5.25. The summed E-state index contributed by atoms with van der Waals surface area (Å²) in [6.45, 7) is 1.77. The minimum absolute atomic E-state index is 0.417. The molecule has 0 bridgehead atoms. The molecule has 0 saturated heterocycles. The molecule has 0 aliphatic heterocycles. The van der Waals surface area contributed by atoms with E-state index in [4.69, 9.17) is 20.8 Å². The van der Waals surface area contributed by atoms with Gasteiger partial charge in [-0.1, -0.05) is 17.7 Å². The maximum absolute atomic E-state index is 9.96. The normalized spacial score (nSPS) is 14.3. The van der Waals surface area contributed by atoms with E-state index in [1.807, 2.05) is 0 Å². The molecule has 0 amide bonds. The van der Waals surface area contributed by atoms with E-state index in [1.54, 1.807) is 43.3 Å². The van der Waals surface area contributed by atoms with E-state index in [2.05, 4.69) is 0 Å². The van der Waals surface area contributed by atoms with E-state index in [0.717, 1.165) is 0 Å². The lowest BCUT2D eigenvalue weighted by Crippen LogP contribution is -2.21. The molecule has 90 valence electrons. The first-order valence-corrected chi connectivity index (χ1v) is 5.68. The van der Waals surface area contributed by atoms with Gasteiger partial charge < -0.3 is 14.3 Å².